The Morgan fingerprint density at radius 2 is 1.87 bits per heavy atom. The first-order valence-electron chi connectivity index (χ1n) is 7.67. The molecule has 1 aromatic rings. The third kappa shape index (κ3) is 4.51. The lowest BCUT2D eigenvalue weighted by Gasteiger charge is -2.44. The Hall–Kier alpha value is -1.01. The molecule has 2 heterocycles. The topological polar surface area (TPSA) is 45.7 Å². The van der Waals surface area contributed by atoms with Crippen LogP contribution in [0, 0.1) is 0 Å². The van der Waals surface area contributed by atoms with E-state index in [1.807, 2.05) is 51.7 Å². The second-order valence-corrected chi connectivity index (χ2v) is 8.09. The van der Waals surface area contributed by atoms with Crippen molar-refractivity contribution >= 4 is 39.4 Å². The van der Waals surface area contributed by atoms with Crippen molar-refractivity contribution in [1.82, 2.24) is 9.88 Å². The van der Waals surface area contributed by atoms with Crippen molar-refractivity contribution in [2.45, 2.75) is 52.3 Å². The molecule has 1 saturated heterocycles. The van der Waals surface area contributed by atoms with Crippen LogP contribution < -0.4 is 4.90 Å². The lowest BCUT2D eigenvalue weighted by Crippen LogP contribution is -2.59. The van der Waals surface area contributed by atoms with Crippen molar-refractivity contribution in [2.24, 2.45) is 0 Å². The average molecular weight is 405 g/mol. The molecule has 1 aliphatic heterocycles. The Labute approximate surface area is 151 Å². The number of nitrogens with zero attached hydrogens (tertiary/aromatic N) is 3. The van der Waals surface area contributed by atoms with Gasteiger partial charge in [-0.25, -0.2) is 9.78 Å². The van der Waals surface area contributed by atoms with Crippen LogP contribution in [0.25, 0.3) is 0 Å². The number of carbonyl (C=O) groups is 1. The van der Waals surface area contributed by atoms with Gasteiger partial charge in [0, 0.05) is 13.1 Å². The standard InChI is InChI=1S/C16H23BrClN3O2/c1-10-8-20(13-7-6-12(18)14(17)19-13)9-11(2)21(10)15(22)23-16(3,4)5/h6-7,10-11H,8-9H2,1-5H3/t10-,11+. The predicted molar refractivity (Wildman–Crippen MR) is 96.2 cm³/mol. The summed E-state index contributed by atoms with van der Waals surface area (Å²) in [5.74, 6) is 0.851. The minimum Gasteiger partial charge on any atom is -0.444 e. The van der Waals surface area contributed by atoms with Gasteiger partial charge in [0.15, 0.2) is 0 Å². The van der Waals surface area contributed by atoms with Crippen molar-refractivity contribution in [3.63, 3.8) is 0 Å². The van der Waals surface area contributed by atoms with Crippen LogP contribution in [-0.4, -0.2) is 46.8 Å². The smallest absolute Gasteiger partial charge is 0.410 e. The zero-order valence-electron chi connectivity index (χ0n) is 14.1. The molecule has 1 aromatic heterocycles. The summed E-state index contributed by atoms with van der Waals surface area (Å²) in [6, 6.07) is 3.79. The molecule has 5 nitrogen and oxygen atoms in total. The van der Waals surface area contributed by atoms with E-state index >= 15 is 0 Å². The van der Waals surface area contributed by atoms with Crippen molar-refractivity contribution in [3.05, 3.63) is 21.8 Å². The van der Waals surface area contributed by atoms with E-state index in [0.29, 0.717) is 22.7 Å². The van der Waals surface area contributed by atoms with E-state index in [1.165, 1.54) is 0 Å². The largest absolute Gasteiger partial charge is 0.444 e. The summed E-state index contributed by atoms with van der Waals surface area (Å²) >= 11 is 9.36. The van der Waals surface area contributed by atoms with Crippen molar-refractivity contribution in [1.29, 1.82) is 0 Å². The van der Waals surface area contributed by atoms with Crippen molar-refractivity contribution in [3.8, 4) is 0 Å². The highest BCUT2D eigenvalue weighted by Gasteiger charge is 2.36. The van der Waals surface area contributed by atoms with Crippen LogP contribution in [-0.2, 0) is 4.74 Å². The van der Waals surface area contributed by atoms with Crippen LogP contribution in [0.3, 0.4) is 0 Å². The third-order valence-electron chi connectivity index (χ3n) is 3.64. The van der Waals surface area contributed by atoms with Gasteiger partial charge in [-0.2, -0.15) is 0 Å². The van der Waals surface area contributed by atoms with Crippen LogP contribution in [0.15, 0.2) is 16.7 Å². The van der Waals surface area contributed by atoms with Crippen LogP contribution in [0.2, 0.25) is 5.02 Å². The number of aromatic nitrogens is 1. The van der Waals surface area contributed by atoms with Gasteiger partial charge in [-0.3, -0.25) is 4.90 Å². The number of rotatable bonds is 1. The minimum absolute atomic E-state index is 0.0323. The predicted octanol–water partition coefficient (Wildman–Crippen LogP) is 4.33. The molecule has 1 amide bonds. The highest BCUT2D eigenvalue weighted by atomic mass is 79.9. The summed E-state index contributed by atoms with van der Waals surface area (Å²) in [5, 5.41) is 0.585. The van der Waals surface area contributed by atoms with Gasteiger partial charge in [0.25, 0.3) is 0 Å². The summed E-state index contributed by atoms with van der Waals surface area (Å²) in [5.41, 5.74) is -0.490. The molecule has 0 aliphatic carbocycles. The zero-order valence-corrected chi connectivity index (χ0v) is 16.5. The molecule has 2 rings (SSSR count). The molecule has 0 saturated carbocycles. The van der Waals surface area contributed by atoms with Gasteiger partial charge in [-0.15, -0.1) is 0 Å². The fraction of sp³-hybridized carbons (Fsp3) is 0.625. The van der Waals surface area contributed by atoms with Gasteiger partial charge < -0.3 is 9.64 Å². The maximum Gasteiger partial charge on any atom is 0.410 e. The van der Waals surface area contributed by atoms with Crippen molar-refractivity contribution < 1.29 is 9.53 Å². The number of carbonyl (C=O) groups excluding carboxylic acids is 1. The van der Waals surface area contributed by atoms with Crippen LogP contribution in [0.1, 0.15) is 34.6 Å². The molecule has 0 spiro atoms. The molecule has 0 bridgehead atoms. The van der Waals surface area contributed by atoms with Gasteiger partial charge in [-0.1, -0.05) is 11.6 Å². The average Bonchev–Trinajstić information content (AvgIpc) is 2.38. The number of piperazine rings is 1. The van der Waals surface area contributed by atoms with E-state index in [2.05, 4.69) is 25.8 Å². The summed E-state index contributed by atoms with van der Waals surface area (Å²) in [4.78, 5) is 20.9. The van der Waals surface area contributed by atoms with Gasteiger partial charge in [-0.05, 0) is 62.7 Å². The lowest BCUT2D eigenvalue weighted by atomic mass is 10.1. The molecule has 2 atom stereocenters. The SMILES string of the molecule is C[C@@H]1CN(c2ccc(Cl)c(Br)n2)C[C@H](C)N1C(=O)OC(C)(C)C. The Balaban J connectivity index is 2.12. The van der Waals surface area contributed by atoms with Crippen LogP contribution >= 0.6 is 27.5 Å². The van der Waals surface area contributed by atoms with Gasteiger partial charge >= 0.3 is 6.09 Å². The molecule has 0 unspecified atom stereocenters. The summed E-state index contributed by atoms with van der Waals surface area (Å²) in [7, 11) is 0. The molecular formula is C16H23BrClN3O2. The molecule has 128 valence electrons. The lowest BCUT2D eigenvalue weighted by molar-refractivity contribution is 0.00560. The number of pyridine rings is 1. The molecule has 1 aliphatic rings. The zero-order chi connectivity index (χ0) is 17.4. The van der Waals surface area contributed by atoms with Crippen LogP contribution in [0.5, 0.6) is 0 Å². The minimum atomic E-state index is -0.490. The van der Waals surface area contributed by atoms with E-state index in [9.17, 15) is 4.79 Å². The first kappa shape index (κ1) is 18.3. The van der Waals surface area contributed by atoms with Gasteiger partial charge in [0.05, 0.1) is 17.1 Å². The highest BCUT2D eigenvalue weighted by Crippen LogP contribution is 2.27. The number of ether oxygens (including phenoxy) is 1. The van der Waals surface area contributed by atoms with E-state index in [0.717, 1.165) is 5.82 Å². The third-order valence-corrected chi connectivity index (χ3v) is 4.77. The fourth-order valence-electron chi connectivity index (χ4n) is 2.77. The van der Waals surface area contributed by atoms with E-state index in [4.69, 9.17) is 16.3 Å². The maximum atomic E-state index is 12.4. The normalized spacial score (nSPS) is 22.2. The molecule has 1 fully saturated rings. The Morgan fingerprint density at radius 1 is 1.30 bits per heavy atom. The molecule has 0 aromatic carbocycles. The first-order valence-corrected chi connectivity index (χ1v) is 8.84. The Morgan fingerprint density at radius 3 is 2.35 bits per heavy atom. The highest BCUT2D eigenvalue weighted by molar-refractivity contribution is 9.10. The summed E-state index contributed by atoms with van der Waals surface area (Å²) in [6.45, 7) is 11.1. The monoisotopic (exact) mass is 403 g/mol. The van der Waals surface area contributed by atoms with E-state index in [1.54, 1.807) is 0 Å². The quantitative estimate of drug-likeness (QED) is 0.654. The first-order chi connectivity index (χ1) is 10.6. The number of anilines is 1. The molecule has 0 N–H and O–H groups in total. The van der Waals surface area contributed by atoms with E-state index < -0.39 is 5.60 Å². The number of hydrogen-bond acceptors (Lipinski definition) is 4. The van der Waals surface area contributed by atoms with Crippen molar-refractivity contribution in [2.75, 3.05) is 18.0 Å². The second-order valence-electron chi connectivity index (χ2n) is 6.93. The fourth-order valence-corrected chi connectivity index (χ4v) is 3.19. The Kier molecular flexibility index (Phi) is 5.46. The van der Waals surface area contributed by atoms with Crippen LogP contribution in [0.4, 0.5) is 10.6 Å². The molecule has 7 heteroatoms. The number of amides is 1. The second kappa shape index (κ2) is 6.85. The summed E-state index contributed by atoms with van der Waals surface area (Å²) < 4.78 is 6.15. The molecule has 23 heavy (non-hydrogen) atoms. The van der Waals surface area contributed by atoms with Gasteiger partial charge in [0.2, 0.25) is 0 Å². The molecular weight excluding hydrogens is 382 g/mol. The number of hydrogen-bond donors (Lipinski definition) is 0. The molecule has 0 radical (unpaired) electrons. The summed E-state index contributed by atoms with van der Waals surface area (Å²) in [6.07, 6.45) is -0.262. The van der Waals surface area contributed by atoms with E-state index in [-0.39, 0.29) is 18.2 Å². The Bertz CT molecular complexity index is 579. The number of halogens is 2. The van der Waals surface area contributed by atoms with Gasteiger partial charge in [0.1, 0.15) is 16.0 Å². The maximum absolute atomic E-state index is 12.4.